The molecular weight excluding hydrogens is 755 g/mol. The monoisotopic (exact) mass is 809 g/mol. The Hall–Kier alpha value is -1.96. The van der Waals surface area contributed by atoms with Crippen LogP contribution in [0.25, 0.3) is 34.4 Å². The van der Waals surface area contributed by atoms with Crippen LogP contribution in [0.2, 0.25) is 13.1 Å². The first-order valence-electron chi connectivity index (χ1n) is 19.7. The van der Waals surface area contributed by atoms with Gasteiger partial charge in [-0.2, -0.15) is 0 Å². The minimum atomic E-state index is -4.89. The van der Waals surface area contributed by atoms with Gasteiger partial charge in [-0.15, -0.1) is 0 Å². The Bertz CT molecular complexity index is 1990. The van der Waals surface area contributed by atoms with Crippen molar-refractivity contribution in [3.8, 4) is 22.3 Å². The van der Waals surface area contributed by atoms with Crippen molar-refractivity contribution in [3.05, 3.63) is 129 Å². The molecule has 4 heteroatoms. The fourth-order valence-corrected chi connectivity index (χ4v) is 41.2. The van der Waals surface area contributed by atoms with Gasteiger partial charge in [-0.3, -0.25) is 0 Å². The van der Waals surface area contributed by atoms with Gasteiger partial charge in [-0.1, -0.05) is 0 Å². The van der Waals surface area contributed by atoms with E-state index in [9.17, 15) is 0 Å². The molecule has 267 valence electrons. The summed E-state index contributed by atoms with van der Waals surface area (Å²) in [7, 11) is 17.7. The van der Waals surface area contributed by atoms with Crippen molar-refractivity contribution in [1.82, 2.24) is 0 Å². The zero-order valence-electron chi connectivity index (χ0n) is 32.1. The molecule has 0 heterocycles. The number of halogens is 2. The first kappa shape index (κ1) is 37.4. The van der Waals surface area contributed by atoms with E-state index in [1.165, 1.54) is 93.3 Å². The van der Waals surface area contributed by atoms with Gasteiger partial charge in [0.05, 0.1) is 0 Å². The van der Waals surface area contributed by atoms with E-state index in [0.29, 0.717) is 11.8 Å². The summed E-state index contributed by atoms with van der Waals surface area (Å²) >= 11 is -4.89. The third-order valence-corrected chi connectivity index (χ3v) is 64.6. The summed E-state index contributed by atoms with van der Waals surface area (Å²) in [6, 6.07) is 32.6. The first-order chi connectivity index (χ1) is 24.2. The van der Waals surface area contributed by atoms with Gasteiger partial charge in [0.25, 0.3) is 0 Å². The van der Waals surface area contributed by atoms with Crippen molar-refractivity contribution in [2.24, 2.45) is 5.92 Å². The molecule has 7 rings (SSSR count). The van der Waals surface area contributed by atoms with E-state index in [1.54, 1.807) is 5.57 Å². The average Bonchev–Trinajstić information content (AvgIpc) is 3.72. The SMILES string of the molecule is CCC1=Cc2c(-c3ccc(C(C)(C)C)cc3)cccc2[CH]1[Zr]([Cl])([Cl])([CH]1C(C2CCCCC2)=Cc2c(-c3ccc(C(C)C)cc3)cccc21)[SiH](C)C. The third-order valence-electron chi connectivity index (χ3n) is 12.9. The van der Waals surface area contributed by atoms with Gasteiger partial charge < -0.3 is 0 Å². The van der Waals surface area contributed by atoms with E-state index in [0.717, 1.165) is 6.42 Å². The number of benzene rings is 4. The van der Waals surface area contributed by atoms with E-state index in [1.807, 2.05) is 0 Å². The average molecular weight is 812 g/mol. The van der Waals surface area contributed by atoms with E-state index in [2.05, 4.69) is 152 Å². The number of hydrogen-bond acceptors (Lipinski definition) is 0. The predicted octanol–water partition coefficient (Wildman–Crippen LogP) is 15.0. The van der Waals surface area contributed by atoms with Gasteiger partial charge in [0.1, 0.15) is 0 Å². The molecule has 0 spiro atoms. The van der Waals surface area contributed by atoms with Gasteiger partial charge in [0.15, 0.2) is 0 Å². The molecule has 0 amide bonds. The van der Waals surface area contributed by atoms with Crippen LogP contribution in [0.4, 0.5) is 0 Å². The predicted molar refractivity (Wildman–Crippen MR) is 225 cm³/mol. The molecule has 1 saturated carbocycles. The van der Waals surface area contributed by atoms with Crippen LogP contribution in [-0.2, 0) is 21.0 Å². The van der Waals surface area contributed by atoms with Crippen LogP contribution < -0.4 is 0 Å². The third kappa shape index (κ3) is 6.41. The fraction of sp³-hybridized carbons (Fsp3) is 0.404. The molecule has 2 atom stereocenters. The minimum absolute atomic E-state index is 0.118. The molecule has 3 aliphatic rings. The molecule has 4 aromatic carbocycles. The first-order valence-corrected chi connectivity index (χ1v) is 36.0. The maximum absolute atomic E-state index is 8.86. The molecule has 0 bridgehead atoms. The maximum atomic E-state index is 8.86. The molecule has 1 fully saturated rings. The van der Waals surface area contributed by atoms with Crippen molar-refractivity contribution in [3.63, 3.8) is 0 Å². The molecule has 0 aromatic heterocycles. The van der Waals surface area contributed by atoms with Crippen LogP contribution in [-0.4, -0.2) is 5.92 Å². The normalized spacial score (nSPS) is 20.2. The van der Waals surface area contributed by atoms with Gasteiger partial charge >= 0.3 is 320 Å². The molecule has 4 aromatic rings. The Kier molecular flexibility index (Phi) is 10.3. The molecule has 0 N–H and O–H groups in total. The summed E-state index contributed by atoms with van der Waals surface area (Å²) < 4.78 is 0.252. The van der Waals surface area contributed by atoms with Crippen LogP contribution in [0.15, 0.2) is 96.1 Å². The summed E-state index contributed by atoms with van der Waals surface area (Å²) in [6.45, 7) is 18.7. The molecule has 2 unspecified atom stereocenters. The zero-order valence-corrected chi connectivity index (χ0v) is 37.2. The zero-order chi connectivity index (χ0) is 36.3. The molecule has 0 saturated heterocycles. The molecule has 0 aliphatic heterocycles. The van der Waals surface area contributed by atoms with Gasteiger partial charge in [-0.25, -0.2) is 0 Å². The quantitative estimate of drug-likeness (QED) is 0.156. The number of fused-ring (bicyclic) bond motifs is 2. The van der Waals surface area contributed by atoms with Gasteiger partial charge in [-0.05, 0) is 0 Å². The van der Waals surface area contributed by atoms with Crippen molar-refractivity contribution in [1.29, 1.82) is 0 Å². The van der Waals surface area contributed by atoms with E-state index >= 15 is 0 Å². The summed E-state index contributed by atoms with van der Waals surface area (Å²) in [5.74, 6) is -0.587. The second-order valence-electron chi connectivity index (χ2n) is 17.5. The summed E-state index contributed by atoms with van der Waals surface area (Å²) in [4.78, 5) is 0. The van der Waals surface area contributed by atoms with Gasteiger partial charge in [0.2, 0.25) is 0 Å². The number of allylic oxidation sites excluding steroid dienone is 2. The Morgan fingerprint density at radius 1 is 0.706 bits per heavy atom. The van der Waals surface area contributed by atoms with Crippen LogP contribution in [0, 0.1) is 5.92 Å². The molecule has 0 radical (unpaired) electrons. The second kappa shape index (κ2) is 14.0. The van der Waals surface area contributed by atoms with Crippen molar-refractivity contribution in [2.75, 3.05) is 0 Å². The Labute approximate surface area is 317 Å². The molecule has 3 aliphatic carbocycles. The topological polar surface area (TPSA) is 0 Å². The van der Waals surface area contributed by atoms with E-state index in [4.69, 9.17) is 17.0 Å². The Morgan fingerprint density at radius 2 is 1.24 bits per heavy atom. The molecule has 51 heavy (non-hydrogen) atoms. The van der Waals surface area contributed by atoms with Gasteiger partial charge in [0, 0.05) is 0 Å². The van der Waals surface area contributed by atoms with Crippen LogP contribution in [0.1, 0.15) is 127 Å². The number of rotatable bonds is 8. The van der Waals surface area contributed by atoms with E-state index in [-0.39, 0.29) is 12.7 Å². The van der Waals surface area contributed by atoms with Crippen LogP contribution in [0.3, 0.4) is 0 Å². The molecule has 0 nitrogen and oxygen atoms in total. The van der Waals surface area contributed by atoms with Crippen molar-refractivity contribution >= 4 is 35.1 Å². The standard InChI is InChI=1S/C24H27.C21H23.C2H7Si.2ClH.Zr/c1-17(2)18-11-13-20(14-12-18)23-10-6-9-21-15-22(16-24(21)23)19-7-4-3-5-8-19;1-5-15-13-17-7-6-8-19(20(17)14-15)16-9-11-18(12-10-16)21(2,3)4;1-3-2;;;/h6,9-17,19H,3-5,7-8H2,1-2H3;6-14H,5H2,1-4H3;3H,1-2H3;2*1H;/q;;;;;+2/p-2. The second-order valence-corrected chi connectivity index (χ2v) is 60.0. The van der Waals surface area contributed by atoms with E-state index < -0.39 is 21.5 Å². The summed E-state index contributed by atoms with van der Waals surface area (Å²) in [6.07, 6.45) is 12.5. The summed E-state index contributed by atoms with van der Waals surface area (Å²) in [5, 5.41) is 0. The number of hydrogen-bond donors (Lipinski definition) is 0. The van der Waals surface area contributed by atoms with Crippen LogP contribution >= 0.6 is 17.0 Å². The van der Waals surface area contributed by atoms with Crippen molar-refractivity contribution < 1.29 is 15.6 Å². The van der Waals surface area contributed by atoms with Crippen LogP contribution in [0.5, 0.6) is 0 Å². The molecular formula is C47H57Cl2SiZr. The van der Waals surface area contributed by atoms with Crippen molar-refractivity contribution in [2.45, 2.75) is 112 Å². The fourth-order valence-electron chi connectivity index (χ4n) is 9.79. The summed E-state index contributed by atoms with van der Waals surface area (Å²) in [5.41, 5.74) is 16.6. The Morgan fingerprint density at radius 3 is 1.75 bits per heavy atom. The Balaban J connectivity index is 1.42.